The van der Waals surface area contributed by atoms with Gasteiger partial charge in [0.1, 0.15) is 6.04 Å². The van der Waals surface area contributed by atoms with Gasteiger partial charge in [-0.1, -0.05) is 30.3 Å². The molecule has 4 aromatic rings. The Kier molecular flexibility index (Phi) is 9.35. The van der Waals surface area contributed by atoms with Crippen molar-refractivity contribution < 1.29 is 28.2 Å². The van der Waals surface area contributed by atoms with Gasteiger partial charge in [0.05, 0.1) is 11.0 Å². The van der Waals surface area contributed by atoms with Crippen molar-refractivity contribution in [1.82, 2.24) is 15.2 Å². The molecule has 2 atom stereocenters. The molecule has 1 aromatic heterocycles. The molecule has 0 bridgehead atoms. The van der Waals surface area contributed by atoms with Crippen LogP contribution < -0.4 is 15.4 Å². The zero-order valence-electron chi connectivity index (χ0n) is 23.7. The van der Waals surface area contributed by atoms with Crippen molar-refractivity contribution in [2.45, 2.75) is 56.3 Å². The Morgan fingerprint density at radius 2 is 1.71 bits per heavy atom. The van der Waals surface area contributed by atoms with Crippen LogP contribution in [0.3, 0.4) is 0 Å². The number of fused-ring (bicyclic) bond motifs is 1. The van der Waals surface area contributed by atoms with E-state index in [2.05, 4.69) is 19.9 Å². The van der Waals surface area contributed by atoms with Gasteiger partial charge in [0.15, 0.2) is 0 Å². The van der Waals surface area contributed by atoms with E-state index < -0.39 is 34.0 Å². The van der Waals surface area contributed by atoms with Gasteiger partial charge >= 0.3 is 5.97 Å². The molecule has 0 fully saturated rings. The van der Waals surface area contributed by atoms with E-state index in [4.69, 9.17) is 5.11 Å². The topological polar surface area (TPSA) is 150 Å². The van der Waals surface area contributed by atoms with Gasteiger partial charge in [0.25, 0.3) is 15.9 Å². The Morgan fingerprint density at radius 1 is 0.976 bits per heavy atom. The number of aromatic nitrogens is 1. The lowest BCUT2D eigenvalue weighted by Crippen LogP contribution is -2.42. The molecule has 3 aromatic carbocycles. The molecule has 42 heavy (non-hydrogen) atoms. The number of β-amino-alcohol motifs (C(OH)–C–C–N with tert-alkyl or cyclic N) is 1. The van der Waals surface area contributed by atoms with Crippen molar-refractivity contribution in [3.05, 3.63) is 96.2 Å². The predicted octanol–water partition coefficient (Wildman–Crippen LogP) is 4.14. The predicted molar refractivity (Wildman–Crippen MR) is 162 cm³/mol. The normalized spacial score (nSPS) is 13.4. The average molecular weight is 593 g/mol. The molecule has 0 aliphatic carbocycles. The third kappa shape index (κ3) is 7.75. The van der Waals surface area contributed by atoms with Gasteiger partial charge < -0.3 is 25.4 Å². The van der Waals surface area contributed by atoms with Crippen LogP contribution >= 0.6 is 0 Å². The fourth-order valence-electron chi connectivity index (χ4n) is 4.48. The fourth-order valence-corrected chi connectivity index (χ4v) is 5.55. The lowest BCUT2D eigenvalue weighted by molar-refractivity contribution is -0.138. The highest BCUT2D eigenvalue weighted by Crippen LogP contribution is 2.23. The van der Waals surface area contributed by atoms with E-state index in [0.717, 1.165) is 17.3 Å². The van der Waals surface area contributed by atoms with E-state index >= 15 is 0 Å². The number of aryl methyl sites for hydroxylation is 1. The minimum Gasteiger partial charge on any atom is -0.480 e. The van der Waals surface area contributed by atoms with E-state index in [0.29, 0.717) is 23.4 Å². The number of aliphatic hydroxyl groups is 1. The molecule has 0 spiro atoms. The number of nitrogens with one attached hydrogen (secondary N) is 3. The van der Waals surface area contributed by atoms with E-state index in [1.165, 1.54) is 19.1 Å². The van der Waals surface area contributed by atoms with Crippen LogP contribution in [-0.4, -0.2) is 53.2 Å². The molecule has 11 heteroatoms. The SMILES string of the molecule is CC(NC(=O)c1ccc2c(ccn2CCC(C)(C)NCC(O)c2cccc(NS(=O)(=O)c3ccccc3)c2)c1)C(=O)O. The first-order valence-corrected chi connectivity index (χ1v) is 15.1. The second-order valence-electron chi connectivity index (χ2n) is 10.9. The standard InChI is InChI=1S/C31H36N4O6S/c1-21(30(38)39)33-29(37)24-12-13-27-22(18-24)14-16-35(27)17-15-31(2,3)32-20-28(36)23-8-7-9-25(19-23)34-42(40,41)26-10-5-4-6-11-26/h4-14,16,18-19,21,28,32,34,36H,15,17,20H2,1-3H3,(H,33,37)(H,38,39). The Balaban J connectivity index is 1.33. The molecular formula is C31H36N4O6S. The maximum Gasteiger partial charge on any atom is 0.325 e. The largest absolute Gasteiger partial charge is 0.480 e. The van der Waals surface area contributed by atoms with Gasteiger partial charge in [-0.05, 0) is 81.3 Å². The molecule has 10 nitrogen and oxygen atoms in total. The van der Waals surface area contributed by atoms with E-state index in [9.17, 15) is 23.1 Å². The first kappa shape index (κ1) is 30.8. The molecule has 222 valence electrons. The summed E-state index contributed by atoms with van der Waals surface area (Å²) >= 11 is 0. The lowest BCUT2D eigenvalue weighted by atomic mass is 9.99. The van der Waals surface area contributed by atoms with Crippen molar-refractivity contribution in [2.24, 2.45) is 0 Å². The molecule has 0 aliphatic heterocycles. The summed E-state index contributed by atoms with van der Waals surface area (Å²) in [5.74, 6) is -1.54. The fraction of sp³-hybridized carbons (Fsp3) is 0.290. The number of carbonyl (C=O) groups is 2. The Bertz CT molecular complexity index is 1670. The Labute approximate surface area is 245 Å². The van der Waals surface area contributed by atoms with Crippen LogP contribution in [0.1, 0.15) is 49.2 Å². The van der Waals surface area contributed by atoms with Crippen LogP contribution in [0.4, 0.5) is 5.69 Å². The molecule has 0 radical (unpaired) electrons. The number of carboxylic acid groups (broad SMARTS) is 1. The molecule has 0 saturated carbocycles. The van der Waals surface area contributed by atoms with Gasteiger partial charge in [-0.15, -0.1) is 0 Å². The number of hydrogen-bond acceptors (Lipinski definition) is 6. The minimum atomic E-state index is -3.74. The van der Waals surface area contributed by atoms with Crippen LogP contribution in [0.2, 0.25) is 0 Å². The van der Waals surface area contributed by atoms with Crippen LogP contribution in [-0.2, 0) is 21.4 Å². The molecular weight excluding hydrogens is 556 g/mol. The van der Waals surface area contributed by atoms with Gasteiger partial charge in [0.2, 0.25) is 0 Å². The van der Waals surface area contributed by atoms with Gasteiger partial charge in [-0.25, -0.2) is 8.42 Å². The maximum absolute atomic E-state index is 12.7. The maximum atomic E-state index is 12.7. The average Bonchev–Trinajstić information content (AvgIpc) is 3.37. The summed E-state index contributed by atoms with van der Waals surface area (Å²) in [6.45, 7) is 6.45. The summed E-state index contributed by atoms with van der Waals surface area (Å²) in [6.07, 6.45) is 1.82. The van der Waals surface area contributed by atoms with E-state index in [1.54, 1.807) is 54.6 Å². The Morgan fingerprint density at radius 3 is 2.43 bits per heavy atom. The number of carboxylic acids is 1. The highest BCUT2D eigenvalue weighted by atomic mass is 32.2. The number of hydrogen-bond donors (Lipinski definition) is 5. The van der Waals surface area contributed by atoms with Crippen LogP contribution in [0, 0.1) is 0 Å². The third-order valence-corrected chi connectivity index (χ3v) is 8.48. The molecule has 5 N–H and O–H groups in total. The Hall–Kier alpha value is -4.19. The second kappa shape index (κ2) is 12.8. The van der Waals surface area contributed by atoms with Crippen molar-refractivity contribution in [2.75, 3.05) is 11.3 Å². The number of anilines is 1. The van der Waals surface area contributed by atoms with Crippen molar-refractivity contribution >= 4 is 38.5 Å². The lowest BCUT2D eigenvalue weighted by Gasteiger charge is -2.28. The van der Waals surface area contributed by atoms with Crippen molar-refractivity contribution in [3.8, 4) is 0 Å². The number of carbonyl (C=O) groups excluding carboxylic acids is 1. The zero-order valence-corrected chi connectivity index (χ0v) is 24.6. The molecule has 1 amide bonds. The van der Waals surface area contributed by atoms with Crippen LogP contribution in [0.15, 0.2) is 90.0 Å². The number of amides is 1. The second-order valence-corrected chi connectivity index (χ2v) is 12.6. The third-order valence-electron chi connectivity index (χ3n) is 7.08. The molecule has 0 saturated heterocycles. The molecule has 4 rings (SSSR count). The first-order chi connectivity index (χ1) is 19.8. The quantitative estimate of drug-likeness (QED) is 0.157. The minimum absolute atomic E-state index is 0.158. The van der Waals surface area contributed by atoms with Crippen LogP contribution in [0.5, 0.6) is 0 Å². The molecule has 2 unspecified atom stereocenters. The number of rotatable bonds is 13. The van der Waals surface area contributed by atoms with Gasteiger partial charge in [0, 0.05) is 47.0 Å². The number of aliphatic carboxylic acids is 1. The number of aliphatic hydroxyl groups excluding tert-OH is 1. The summed E-state index contributed by atoms with van der Waals surface area (Å²) in [5, 5.41) is 26.6. The number of nitrogens with zero attached hydrogens (tertiary/aromatic N) is 1. The van der Waals surface area contributed by atoms with Gasteiger partial charge in [-0.2, -0.15) is 0 Å². The summed E-state index contributed by atoms with van der Waals surface area (Å²) < 4.78 is 30.0. The highest BCUT2D eigenvalue weighted by Gasteiger charge is 2.21. The summed E-state index contributed by atoms with van der Waals surface area (Å²) in [4.78, 5) is 23.6. The van der Waals surface area contributed by atoms with Gasteiger partial charge in [-0.3, -0.25) is 14.3 Å². The molecule has 0 aliphatic rings. The summed E-state index contributed by atoms with van der Waals surface area (Å²) in [6, 6.07) is 21.0. The summed E-state index contributed by atoms with van der Waals surface area (Å²) in [5.41, 5.74) is 1.95. The highest BCUT2D eigenvalue weighted by molar-refractivity contribution is 7.92. The first-order valence-electron chi connectivity index (χ1n) is 13.6. The van der Waals surface area contributed by atoms with E-state index in [1.807, 2.05) is 32.2 Å². The van der Waals surface area contributed by atoms with Crippen LogP contribution in [0.25, 0.3) is 10.9 Å². The molecule has 1 heterocycles. The van der Waals surface area contributed by atoms with E-state index in [-0.39, 0.29) is 17.0 Å². The number of benzene rings is 3. The van der Waals surface area contributed by atoms with Crippen molar-refractivity contribution in [3.63, 3.8) is 0 Å². The summed E-state index contributed by atoms with van der Waals surface area (Å²) in [7, 11) is -3.74. The monoisotopic (exact) mass is 592 g/mol. The smallest absolute Gasteiger partial charge is 0.325 e. The zero-order chi connectivity index (χ0) is 30.5. The number of sulfonamides is 1. The van der Waals surface area contributed by atoms with Crippen molar-refractivity contribution in [1.29, 1.82) is 0 Å².